The lowest BCUT2D eigenvalue weighted by molar-refractivity contribution is -0.0373. The number of ether oxygens (including phenoxy) is 2. The van der Waals surface area contributed by atoms with Crippen LogP contribution in [0.5, 0.6) is 0 Å². The van der Waals surface area contributed by atoms with Crippen LogP contribution in [0.3, 0.4) is 0 Å². The van der Waals surface area contributed by atoms with Gasteiger partial charge in [0.05, 0.1) is 12.2 Å². The Balaban J connectivity index is 2.12. The fraction of sp³-hybridized carbons (Fsp3) is 1.00. The van der Waals surface area contributed by atoms with Crippen molar-refractivity contribution in [2.75, 3.05) is 13.2 Å². The molecule has 0 N–H and O–H groups in total. The highest BCUT2D eigenvalue weighted by atomic mass is 16.6. The van der Waals surface area contributed by atoms with Crippen molar-refractivity contribution in [3.8, 4) is 0 Å². The topological polar surface area (TPSA) is 21.8 Å². The van der Waals surface area contributed by atoms with Gasteiger partial charge in [0.1, 0.15) is 6.10 Å². The van der Waals surface area contributed by atoms with Gasteiger partial charge in [0.2, 0.25) is 0 Å². The number of hydrogen-bond acceptors (Lipinski definition) is 2. The summed E-state index contributed by atoms with van der Waals surface area (Å²) < 4.78 is 10.8. The summed E-state index contributed by atoms with van der Waals surface area (Å²) in [4.78, 5) is 0. The van der Waals surface area contributed by atoms with Crippen LogP contribution >= 0.6 is 0 Å². The minimum absolute atomic E-state index is 0.0603. The van der Waals surface area contributed by atoms with Crippen molar-refractivity contribution < 1.29 is 9.47 Å². The van der Waals surface area contributed by atoms with E-state index in [1.807, 2.05) is 0 Å². The summed E-state index contributed by atoms with van der Waals surface area (Å²) >= 11 is 0. The van der Waals surface area contributed by atoms with Crippen LogP contribution in [0.4, 0.5) is 0 Å². The van der Waals surface area contributed by atoms with E-state index >= 15 is 0 Å². The maximum Gasteiger partial charge on any atom is 0.109 e. The average Bonchev–Trinajstić information content (AvgIpc) is 2.68. The molecule has 11 heavy (non-hydrogen) atoms. The summed E-state index contributed by atoms with van der Waals surface area (Å²) in [5.41, 5.74) is -0.0603. The third kappa shape index (κ3) is 2.80. The van der Waals surface area contributed by atoms with Crippen molar-refractivity contribution in [2.24, 2.45) is 0 Å². The van der Waals surface area contributed by atoms with Crippen molar-refractivity contribution in [1.82, 2.24) is 0 Å². The molecule has 1 heterocycles. The molecule has 1 aliphatic rings. The SMILES string of the molecule is CCCCOC(C)(C)C1CO1. The van der Waals surface area contributed by atoms with Gasteiger partial charge in [-0.05, 0) is 20.3 Å². The summed E-state index contributed by atoms with van der Waals surface area (Å²) in [7, 11) is 0. The molecule has 1 rings (SSSR count). The maximum absolute atomic E-state index is 5.67. The summed E-state index contributed by atoms with van der Waals surface area (Å²) in [6, 6.07) is 0. The molecule has 0 bridgehead atoms. The lowest BCUT2D eigenvalue weighted by Crippen LogP contribution is -2.31. The first-order chi connectivity index (χ1) is 5.17. The maximum atomic E-state index is 5.67. The molecule has 0 aliphatic carbocycles. The molecule has 0 aromatic rings. The van der Waals surface area contributed by atoms with E-state index in [2.05, 4.69) is 20.8 Å². The van der Waals surface area contributed by atoms with Crippen LogP contribution in [0.2, 0.25) is 0 Å². The van der Waals surface area contributed by atoms with E-state index in [-0.39, 0.29) is 5.60 Å². The largest absolute Gasteiger partial charge is 0.373 e. The third-order valence-corrected chi connectivity index (χ3v) is 2.08. The Labute approximate surface area is 68.9 Å². The van der Waals surface area contributed by atoms with E-state index in [9.17, 15) is 0 Å². The Morgan fingerprint density at radius 3 is 2.64 bits per heavy atom. The Bertz CT molecular complexity index is 117. The van der Waals surface area contributed by atoms with E-state index in [1.165, 1.54) is 6.42 Å². The average molecular weight is 158 g/mol. The van der Waals surface area contributed by atoms with E-state index < -0.39 is 0 Å². The van der Waals surface area contributed by atoms with Crippen LogP contribution in [0.25, 0.3) is 0 Å². The molecule has 0 saturated carbocycles. The molecule has 1 aliphatic heterocycles. The predicted octanol–water partition coefficient (Wildman–Crippen LogP) is 1.98. The summed E-state index contributed by atoms with van der Waals surface area (Å²) in [6.45, 7) is 8.10. The highest BCUT2D eigenvalue weighted by Crippen LogP contribution is 2.27. The smallest absolute Gasteiger partial charge is 0.109 e. The minimum atomic E-state index is -0.0603. The second-order valence-electron chi connectivity index (χ2n) is 3.63. The molecule has 0 aromatic heterocycles. The molecule has 0 amide bonds. The molecule has 2 heteroatoms. The van der Waals surface area contributed by atoms with E-state index in [0.717, 1.165) is 19.6 Å². The Kier molecular flexibility index (Phi) is 2.90. The van der Waals surface area contributed by atoms with Crippen LogP contribution in [0.1, 0.15) is 33.6 Å². The fourth-order valence-corrected chi connectivity index (χ4v) is 1.02. The third-order valence-electron chi connectivity index (χ3n) is 2.08. The highest BCUT2D eigenvalue weighted by molar-refractivity contribution is 4.88. The monoisotopic (exact) mass is 158 g/mol. The standard InChI is InChI=1S/C9H18O2/c1-4-5-6-11-9(2,3)8-7-10-8/h8H,4-7H2,1-3H3. The van der Waals surface area contributed by atoms with Gasteiger partial charge >= 0.3 is 0 Å². The number of hydrogen-bond donors (Lipinski definition) is 0. The molecular weight excluding hydrogens is 140 g/mol. The fourth-order valence-electron chi connectivity index (χ4n) is 1.02. The van der Waals surface area contributed by atoms with Crippen molar-refractivity contribution in [2.45, 2.75) is 45.3 Å². The first kappa shape index (κ1) is 9.01. The van der Waals surface area contributed by atoms with Gasteiger partial charge in [0.25, 0.3) is 0 Å². The molecule has 66 valence electrons. The van der Waals surface area contributed by atoms with E-state index in [1.54, 1.807) is 0 Å². The van der Waals surface area contributed by atoms with Gasteiger partial charge in [-0.25, -0.2) is 0 Å². The first-order valence-electron chi connectivity index (χ1n) is 4.42. The molecule has 0 spiro atoms. The lowest BCUT2D eigenvalue weighted by atomic mass is 10.1. The minimum Gasteiger partial charge on any atom is -0.373 e. The zero-order chi connectivity index (χ0) is 8.32. The van der Waals surface area contributed by atoms with Gasteiger partial charge in [-0.1, -0.05) is 13.3 Å². The quantitative estimate of drug-likeness (QED) is 0.451. The molecule has 1 saturated heterocycles. The number of rotatable bonds is 5. The van der Waals surface area contributed by atoms with Gasteiger partial charge in [0.15, 0.2) is 0 Å². The van der Waals surface area contributed by atoms with Crippen molar-refractivity contribution >= 4 is 0 Å². The van der Waals surface area contributed by atoms with Crippen molar-refractivity contribution in [3.63, 3.8) is 0 Å². The first-order valence-corrected chi connectivity index (χ1v) is 4.42. The van der Waals surface area contributed by atoms with Crippen LogP contribution in [-0.2, 0) is 9.47 Å². The molecule has 1 fully saturated rings. The van der Waals surface area contributed by atoms with Gasteiger partial charge in [-0.2, -0.15) is 0 Å². The summed E-state index contributed by atoms with van der Waals surface area (Å²) in [6.07, 6.45) is 2.69. The van der Waals surface area contributed by atoms with Gasteiger partial charge in [-0.3, -0.25) is 0 Å². The second kappa shape index (κ2) is 3.55. The van der Waals surface area contributed by atoms with E-state index in [4.69, 9.17) is 9.47 Å². The number of epoxide rings is 1. The molecule has 0 aromatic carbocycles. The van der Waals surface area contributed by atoms with Crippen molar-refractivity contribution in [3.05, 3.63) is 0 Å². The van der Waals surface area contributed by atoms with Crippen LogP contribution < -0.4 is 0 Å². The number of unbranched alkanes of at least 4 members (excludes halogenated alkanes) is 1. The Morgan fingerprint density at radius 2 is 2.18 bits per heavy atom. The van der Waals surface area contributed by atoms with Crippen LogP contribution in [0.15, 0.2) is 0 Å². The predicted molar refractivity (Wildman–Crippen MR) is 44.7 cm³/mol. The van der Waals surface area contributed by atoms with Crippen LogP contribution in [-0.4, -0.2) is 24.9 Å². The van der Waals surface area contributed by atoms with Gasteiger partial charge in [0, 0.05) is 6.61 Å². The Hall–Kier alpha value is -0.0800. The van der Waals surface area contributed by atoms with Crippen LogP contribution in [0, 0.1) is 0 Å². The zero-order valence-electron chi connectivity index (χ0n) is 7.72. The van der Waals surface area contributed by atoms with Crippen molar-refractivity contribution in [1.29, 1.82) is 0 Å². The highest BCUT2D eigenvalue weighted by Gasteiger charge is 2.40. The Morgan fingerprint density at radius 1 is 1.55 bits per heavy atom. The molecule has 1 atom stereocenters. The molecular formula is C9H18O2. The van der Waals surface area contributed by atoms with Gasteiger partial charge in [-0.15, -0.1) is 0 Å². The van der Waals surface area contributed by atoms with Gasteiger partial charge < -0.3 is 9.47 Å². The summed E-state index contributed by atoms with van der Waals surface area (Å²) in [5.74, 6) is 0. The molecule has 2 nitrogen and oxygen atoms in total. The normalized spacial score (nSPS) is 23.7. The zero-order valence-corrected chi connectivity index (χ0v) is 7.72. The molecule has 1 unspecified atom stereocenters. The lowest BCUT2D eigenvalue weighted by Gasteiger charge is -2.22. The summed E-state index contributed by atoms with van der Waals surface area (Å²) in [5, 5.41) is 0. The second-order valence-corrected chi connectivity index (χ2v) is 3.63. The molecule has 0 radical (unpaired) electrons. The van der Waals surface area contributed by atoms with E-state index in [0.29, 0.717) is 6.10 Å².